The lowest BCUT2D eigenvalue weighted by molar-refractivity contribution is -0.117. The van der Waals surface area contributed by atoms with Gasteiger partial charge in [-0.05, 0) is 56.5 Å². The van der Waals surface area contributed by atoms with Crippen molar-refractivity contribution in [3.63, 3.8) is 0 Å². The summed E-state index contributed by atoms with van der Waals surface area (Å²) >= 11 is 0. The Bertz CT molecular complexity index is 1220. The van der Waals surface area contributed by atoms with Crippen molar-refractivity contribution in [3.05, 3.63) is 77.0 Å². The van der Waals surface area contributed by atoms with Crippen LogP contribution in [0.25, 0.3) is 0 Å². The first-order valence-electron chi connectivity index (χ1n) is 10.9. The molecule has 1 fully saturated rings. The van der Waals surface area contributed by atoms with E-state index in [2.05, 4.69) is 20.3 Å². The Morgan fingerprint density at radius 3 is 2.74 bits per heavy atom. The van der Waals surface area contributed by atoms with Gasteiger partial charge in [-0.2, -0.15) is 0 Å². The second-order valence-electron chi connectivity index (χ2n) is 8.56. The van der Waals surface area contributed by atoms with Crippen LogP contribution < -0.4 is 10.1 Å². The van der Waals surface area contributed by atoms with Crippen LogP contribution >= 0.6 is 0 Å². The fourth-order valence-corrected chi connectivity index (χ4v) is 4.03. The summed E-state index contributed by atoms with van der Waals surface area (Å²) in [7, 11) is 1.58. The number of benzene rings is 1. The number of methoxy groups -OCH3 is 1. The number of ether oxygens (including phenoxy) is 2. The molecule has 34 heavy (non-hydrogen) atoms. The standard InChI is InChI=1S/C25H26F2N4O3/c1-14-8-22(29-11-20(14)27)31-24(32)19-10-25(19,17-6-5-7-18(26)9-17)13-34-21-12-28-16(3)30-23(21)15(2)33-4/h5-9,11-12,15,19H,10,13H2,1-4H3,(H,29,31,32)/t15?,19-,25+/m0/s1. The summed E-state index contributed by atoms with van der Waals surface area (Å²) in [5.41, 5.74) is 0.877. The molecule has 1 saturated carbocycles. The molecule has 9 heteroatoms. The Kier molecular flexibility index (Phi) is 6.56. The van der Waals surface area contributed by atoms with E-state index in [4.69, 9.17) is 9.47 Å². The maximum atomic E-state index is 14.1. The number of nitrogens with zero attached hydrogens (tertiary/aromatic N) is 3. The highest BCUT2D eigenvalue weighted by Gasteiger charge is 2.60. The lowest BCUT2D eigenvalue weighted by atomic mass is 9.93. The molecule has 1 N–H and O–H groups in total. The molecule has 7 nitrogen and oxygen atoms in total. The van der Waals surface area contributed by atoms with Crippen molar-refractivity contribution >= 4 is 11.7 Å². The van der Waals surface area contributed by atoms with Crippen molar-refractivity contribution in [2.45, 2.75) is 38.7 Å². The van der Waals surface area contributed by atoms with Crippen molar-refractivity contribution < 1.29 is 23.0 Å². The zero-order valence-corrected chi connectivity index (χ0v) is 19.4. The van der Waals surface area contributed by atoms with Crippen molar-refractivity contribution in [1.29, 1.82) is 0 Å². The largest absolute Gasteiger partial charge is 0.489 e. The number of anilines is 1. The van der Waals surface area contributed by atoms with Crippen molar-refractivity contribution in [1.82, 2.24) is 15.0 Å². The van der Waals surface area contributed by atoms with Gasteiger partial charge in [-0.25, -0.2) is 23.7 Å². The molecule has 1 aromatic carbocycles. The number of hydrogen-bond acceptors (Lipinski definition) is 6. The number of nitrogens with one attached hydrogen (secondary N) is 1. The van der Waals surface area contributed by atoms with Crippen LogP contribution in [-0.4, -0.2) is 34.6 Å². The number of amides is 1. The number of carbonyl (C=O) groups excluding carboxylic acids is 1. The van der Waals surface area contributed by atoms with Crippen LogP contribution in [0.5, 0.6) is 5.75 Å². The SMILES string of the molecule is COC(C)c1nc(C)ncc1OC[C@@]1(c2cccc(F)c2)C[C@H]1C(=O)Nc1cc(C)c(F)cn1. The highest BCUT2D eigenvalue weighted by atomic mass is 19.1. The van der Waals surface area contributed by atoms with E-state index in [1.807, 2.05) is 6.92 Å². The second kappa shape index (κ2) is 9.42. The molecule has 1 aliphatic carbocycles. The van der Waals surface area contributed by atoms with Crippen LogP contribution in [-0.2, 0) is 14.9 Å². The van der Waals surface area contributed by atoms with E-state index >= 15 is 0 Å². The number of aryl methyl sites for hydroxylation is 2. The third kappa shape index (κ3) is 4.75. The van der Waals surface area contributed by atoms with Crippen molar-refractivity contribution in [3.8, 4) is 5.75 Å². The molecule has 3 aromatic rings. The average molecular weight is 469 g/mol. The van der Waals surface area contributed by atoms with Gasteiger partial charge in [0, 0.05) is 12.5 Å². The first-order chi connectivity index (χ1) is 16.2. The van der Waals surface area contributed by atoms with E-state index in [1.54, 1.807) is 39.3 Å². The zero-order valence-electron chi connectivity index (χ0n) is 19.4. The van der Waals surface area contributed by atoms with E-state index in [-0.39, 0.29) is 24.4 Å². The third-order valence-corrected chi connectivity index (χ3v) is 6.22. The topological polar surface area (TPSA) is 86.2 Å². The first kappa shape index (κ1) is 23.7. The van der Waals surface area contributed by atoms with E-state index < -0.39 is 23.0 Å². The van der Waals surface area contributed by atoms with E-state index in [1.165, 1.54) is 18.2 Å². The molecule has 1 unspecified atom stereocenters. The van der Waals surface area contributed by atoms with Gasteiger partial charge in [0.25, 0.3) is 0 Å². The van der Waals surface area contributed by atoms with Gasteiger partial charge >= 0.3 is 0 Å². The summed E-state index contributed by atoms with van der Waals surface area (Å²) in [4.78, 5) is 25.7. The Hall–Kier alpha value is -3.46. The van der Waals surface area contributed by atoms with Gasteiger partial charge in [-0.15, -0.1) is 0 Å². The van der Waals surface area contributed by atoms with Crippen LogP contribution in [0.15, 0.2) is 42.7 Å². The molecule has 3 atom stereocenters. The molecule has 2 aromatic heterocycles. The molecule has 0 bridgehead atoms. The molecular weight excluding hydrogens is 442 g/mol. The molecule has 1 aliphatic rings. The highest BCUT2D eigenvalue weighted by Crippen LogP contribution is 2.55. The molecule has 2 heterocycles. The molecule has 4 rings (SSSR count). The lowest BCUT2D eigenvalue weighted by Gasteiger charge is -2.21. The van der Waals surface area contributed by atoms with E-state index in [9.17, 15) is 13.6 Å². The summed E-state index contributed by atoms with van der Waals surface area (Å²) in [6.07, 6.45) is 2.77. The molecule has 0 spiro atoms. The van der Waals surface area contributed by atoms with Crippen LogP contribution in [0.3, 0.4) is 0 Å². The summed E-state index contributed by atoms with van der Waals surface area (Å²) in [6.45, 7) is 5.33. The predicted molar refractivity (Wildman–Crippen MR) is 121 cm³/mol. The lowest BCUT2D eigenvalue weighted by Crippen LogP contribution is -2.27. The first-order valence-corrected chi connectivity index (χ1v) is 10.9. The Balaban J connectivity index is 1.59. The maximum absolute atomic E-state index is 14.1. The monoisotopic (exact) mass is 468 g/mol. The van der Waals surface area contributed by atoms with Crippen LogP contribution in [0.4, 0.5) is 14.6 Å². The Morgan fingerprint density at radius 2 is 2.03 bits per heavy atom. The number of hydrogen-bond donors (Lipinski definition) is 1. The van der Waals surface area contributed by atoms with Crippen molar-refractivity contribution in [2.24, 2.45) is 5.92 Å². The molecular formula is C25H26F2N4O3. The van der Waals surface area contributed by atoms with Gasteiger partial charge in [-0.1, -0.05) is 12.1 Å². The minimum Gasteiger partial charge on any atom is -0.489 e. The number of carbonyl (C=O) groups is 1. The minimum absolute atomic E-state index is 0.111. The summed E-state index contributed by atoms with van der Waals surface area (Å²) < 4.78 is 39.2. The van der Waals surface area contributed by atoms with E-state index in [0.717, 1.165) is 6.20 Å². The van der Waals surface area contributed by atoms with Gasteiger partial charge in [0.05, 0.1) is 24.9 Å². The maximum Gasteiger partial charge on any atom is 0.229 e. The number of rotatable bonds is 8. The summed E-state index contributed by atoms with van der Waals surface area (Å²) in [5.74, 6) is -0.352. The smallest absolute Gasteiger partial charge is 0.229 e. The van der Waals surface area contributed by atoms with Gasteiger partial charge in [0.15, 0.2) is 5.75 Å². The van der Waals surface area contributed by atoms with Crippen LogP contribution in [0.1, 0.15) is 42.1 Å². The average Bonchev–Trinajstić information content (AvgIpc) is 3.56. The number of aromatic nitrogens is 3. The highest BCUT2D eigenvalue weighted by molar-refractivity contribution is 5.95. The van der Waals surface area contributed by atoms with Gasteiger partial charge in [0.2, 0.25) is 5.91 Å². The van der Waals surface area contributed by atoms with Crippen LogP contribution in [0, 0.1) is 31.4 Å². The zero-order chi connectivity index (χ0) is 24.5. The molecule has 1 amide bonds. The fourth-order valence-electron chi connectivity index (χ4n) is 4.03. The van der Waals surface area contributed by atoms with Crippen LogP contribution in [0.2, 0.25) is 0 Å². The van der Waals surface area contributed by atoms with Crippen molar-refractivity contribution in [2.75, 3.05) is 19.0 Å². The minimum atomic E-state index is -0.750. The number of pyridine rings is 1. The van der Waals surface area contributed by atoms with E-state index in [0.29, 0.717) is 34.8 Å². The molecule has 0 saturated heterocycles. The second-order valence-corrected chi connectivity index (χ2v) is 8.56. The molecule has 0 aliphatic heterocycles. The van der Waals surface area contributed by atoms with Gasteiger partial charge < -0.3 is 14.8 Å². The third-order valence-electron chi connectivity index (χ3n) is 6.22. The normalized spacial score (nSPS) is 20.0. The molecule has 178 valence electrons. The number of halogens is 2. The van der Waals surface area contributed by atoms with Gasteiger partial charge in [-0.3, -0.25) is 4.79 Å². The Labute approximate surface area is 196 Å². The quantitative estimate of drug-likeness (QED) is 0.526. The summed E-state index contributed by atoms with van der Waals surface area (Å²) in [5, 5.41) is 2.74. The fraction of sp³-hybridized carbons (Fsp3) is 0.360. The summed E-state index contributed by atoms with van der Waals surface area (Å²) in [6, 6.07) is 7.63. The van der Waals surface area contributed by atoms with Gasteiger partial charge in [0.1, 0.15) is 35.1 Å². The Morgan fingerprint density at radius 1 is 1.24 bits per heavy atom. The molecule has 0 radical (unpaired) electrons. The predicted octanol–water partition coefficient (Wildman–Crippen LogP) is 4.45.